The van der Waals surface area contributed by atoms with Gasteiger partial charge in [-0.1, -0.05) is 30.4 Å². The van der Waals surface area contributed by atoms with Crippen LogP contribution in [0.4, 0.5) is 0 Å². The Morgan fingerprint density at radius 2 is 2.00 bits per heavy atom. The second kappa shape index (κ2) is 5.64. The normalized spacial score (nSPS) is 10.7. The van der Waals surface area contributed by atoms with Crippen molar-refractivity contribution in [1.29, 1.82) is 0 Å². The number of para-hydroxylation sites is 1. The fourth-order valence-electron chi connectivity index (χ4n) is 1.44. The highest BCUT2D eigenvalue weighted by Gasteiger charge is 2.05. The van der Waals surface area contributed by atoms with Crippen LogP contribution in [0.3, 0.4) is 0 Å². The lowest BCUT2D eigenvalue weighted by atomic mass is 10.2. The van der Waals surface area contributed by atoms with Crippen LogP contribution >= 0.6 is 15.9 Å². The molecular weight excluding hydrogens is 278 g/mol. The van der Waals surface area contributed by atoms with Gasteiger partial charge in [0, 0.05) is 11.8 Å². The largest absolute Gasteiger partial charge is 0.437 e. The number of rotatable bonds is 3. The number of hydrogen-bond donors (Lipinski definition) is 0. The van der Waals surface area contributed by atoms with Crippen LogP contribution < -0.4 is 4.74 Å². The summed E-state index contributed by atoms with van der Waals surface area (Å²) in [4.78, 5) is 4.18. The van der Waals surface area contributed by atoms with Gasteiger partial charge in [-0.15, -0.1) is 0 Å². The first-order valence-electron chi connectivity index (χ1n) is 5.31. The molecule has 0 saturated carbocycles. The van der Waals surface area contributed by atoms with Crippen LogP contribution in [0.15, 0.2) is 53.1 Å². The zero-order valence-electron chi connectivity index (χ0n) is 9.43. The van der Waals surface area contributed by atoms with Crippen LogP contribution in [0, 0.1) is 0 Å². The van der Waals surface area contributed by atoms with Gasteiger partial charge in [-0.25, -0.2) is 4.98 Å². The van der Waals surface area contributed by atoms with Gasteiger partial charge in [0.1, 0.15) is 5.75 Å². The van der Waals surface area contributed by atoms with Crippen molar-refractivity contribution in [2.45, 2.75) is 6.92 Å². The summed E-state index contributed by atoms with van der Waals surface area (Å²) in [5.41, 5.74) is 1.03. The monoisotopic (exact) mass is 289 g/mol. The quantitative estimate of drug-likeness (QED) is 0.819. The summed E-state index contributed by atoms with van der Waals surface area (Å²) in [6, 6.07) is 11.6. The number of hydrogen-bond acceptors (Lipinski definition) is 2. The highest BCUT2D eigenvalue weighted by Crippen LogP contribution is 2.29. The number of aromatic nitrogens is 1. The molecule has 0 N–H and O–H groups in total. The molecule has 0 aliphatic rings. The maximum absolute atomic E-state index is 5.78. The molecule has 2 rings (SSSR count). The van der Waals surface area contributed by atoms with Crippen molar-refractivity contribution in [3.8, 4) is 11.6 Å². The Kier molecular flexibility index (Phi) is 3.94. The number of allylic oxidation sites excluding steroid dienone is 1. The number of nitrogens with zero attached hydrogens (tertiary/aromatic N) is 1. The lowest BCUT2D eigenvalue weighted by Gasteiger charge is -2.08. The summed E-state index contributed by atoms with van der Waals surface area (Å²) in [5, 5.41) is 0. The Balaban J connectivity index is 2.33. The average molecular weight is 290 g/mol. The van der Waals surface area contributed by atoms with Crippen LogP contribution in [-0.4, -0.2) is 4.98 Å². The van der Waals surface area contributed by atoms with E-state index in [2.05, 4.69) is 20.9 Å². The van der Waals surface area contributed by atoms with Crippen LogP contribution in [0.5, 0.6) is 11.6 Å². The van der Waals surface area contributed by atoms with Crippen molar-refractivity contribution in [2.24, 2.45) is 0 Å². The van der Waals surface area contributed by atoms with E-state index in [0.29, 0.717) is 5.88 Å². The van der Waals surface area contributed by atoms with Gasteiger partial charge in [0.25, 0.3) is 0 Å². The van der Waals surface area contributed by atoms with Crippen molar-refractivity contribution in [3.05, 3.63) is 58.7 Å². The number of halogens is 1. The summed E-state index contributed by atoms with van der Waals surface area (Å²) < 4.78 is 6.63. The molecule has 0 aliphatic carbocycles. The van der Waals surface area contributed by atoms with E-state index >= 15 is 0 Å². The highest BCUT2D eigenvalue weighted by atomic mass is 79.9. The predicted molar refractivity (Wildman–Crippen MR) is 73.2 cm³/mol. The van der Waals surface area contributed by atoms with Gasteiger partial charge in [0.05, 0.1) is 4.47 Å². The second-order valence-electron chi connectivity index (χ2n) is 3.43. The van der Waals surface area contributed by atoms with Gasteiger partial charge in [-0.3, -0.25) is 0 Å². The molecule has 2 nitrogen and oxygen atoms in total. The van der Waals surface area contributed by atoms with Crippen molar-refractivity contribution in [1.82, 2.24) is 4.98 Å². The van der Waals surface area contributed by atoms with Crippen molar-refractivity contribution >= 4 is 22.0 Å². The van der Waals surface area contributed by atoms with Gasteiger partial charge in [-0.05, 0) is 41.1 Å². The summed E-state index contributed by atoms with van der Waals surface area (Å²) in [6.45, 7) is 1.98. The van der Waals surface area contributed by atoms with Crippen LogP contribution in [0.25, 0.3) is 6.08 Å². The molecular formula is C14H12BrNO. The molecule has 0 atom stereocenters. The predicted octanol–water partition coefficient (Wildman–Crippen LogP) is 4.67. The summed E-state index contributed by atoms with van der Waals surface area (Å²) in [7, 11) is 0. The Labute approximate surface area is 109 Å². The van der Waals surface area contributed by atoms with Gasteiger partial charge in [0.2, 0.25) is 5.88 Å². The first kappa shape index (κ1) is 11.9. The topological polar surface area (TPSA) is 22.1 Å². The third-order valence-electron chi connectivity index (χ3n) is 2.20. The molecule has 0 spiro atoms. The molecule has 1 aromatic carbocycles. The lowest BCUT2D eigenvalue weighted by molar-refractivity contribution is 0.458. The van der Waals surface area contributed by atoms with E-state index in [1.165, 1.54) is 0 Å². The zero-order chi connectivity index (χ0) is 12.1. The number of benzene rings is 1. The molecule has 0 amide bonds. The molecule has 2 aromatic rings. The summed E-state index contributed by atoms with van der Waals surface area (Å²) >= 11 is 3.41. The number of ether oxygens (including phenoxy) is 1. The van der Waals surface area contributed by atoms with E-state index in [0.717, 1.165) is 15.8 Å². The van der Waals surface area contributed by atoms with Gasteiger partial charge < -0.3 is 4.74 Å². The first-order valence-corrected chi connectivity index (χ1v) is 6.10. The van der Waals surface area contributed by atoms with E-state index in [9.17, 15) is 0 Å². The van der Waals surface area contributed by atoms with Crippen LogP contribution in [-0.2, 0) is 0 Å². The lowest BCUT2D eigenvalue weighted by Crippen LogP contribution is -1.90. The van der Waals surface area contributed by atoms with E-state index in [1.807, 2.05) is 55.5 Å². The molecule has 1 aromatic heterocycles. The average Bonchev–Trinajstić information content (AvgIpc) is 2.35. The smallest absolute Gasteiger partial charge is 0.233 e. The Hall–Kier alpha value is -1.61. The van der Waals surface area contributed by atoms with Crippen LogP contribution in [0.2, 0.25) is 0 Å². The minimum absolute atomic E-state index is 0.574. The molecule has 0 aliphatic heterocycles. The minimum atomic E-state index is 0.574. The Morgan fingerprint density at radius 1 is 1.18 bits per heavy atom. The van der Waals surface area contributed by atoms with Crippen molar-refractivity contribution in [3.63, 3.8) is 0 Å². The molecule has 0 saturated heterocycles. The van der Waals surface area contributed by atoms with E-state index in [-0.39, 0.29) is 0 Å². The van der Waals surface area contributed by atoms with E-state index < -0.39 is 0 Å². The van der Waals surface area contributed by atoms with Gasteiger partial charge in [0.15, 0.2) is 0 Å². The van der Waals surface area contributed by atoms with Gasteiger partial charge >= 0.3 is 0 Å². The molecule has 1 heterocycles. The summed E-state index contributed by atoms with van der Waals surface area (Å²) in [5.74, 6) is 1.37. The van der Waals surface area contributed by atoms with Crippen molar-refractivity contribution in [2.75, 3.05) is 0 Å². The third-order valence-corrected chi connectivity index (χ3v) is 2.80. The zero-order valence-corrected chi connectivity index (χ0v) is 11.0. The minimum Gasteiger partial charge on any atom is -0.437 e. The maximum atomic E-state index is 5.78. The molecule has 3 heteroatoms. The molecule has 0 fully saturated rings. The molecule has 17 heavy (non-hydrogen) atoms. The SMILES string of the molecule is CC=Cc1ccccc1Oc1ncccc1Br. The summed E-state index contributed by atoms with van der Waals surface area (Å²) in [6.07, 6.45) is 5.69. The maximum Gasteiger partial charge on any atom is 0.233 e. The Bertz CT molecular complexity index is 537. The van der Waals surface area contributed by atoms with Crippen molar-refractivity contribution < 1.29 is 4.74 Å². The Morgan fingerprint density at radius 3 is 2.76 bits per heavy atom. The highest BCUT2D eigenvalue weighted by molar-refractivity contribution is 9.10. The third kappa shape index (κ3) is 2.94. The first-order chi connectivity index (χ1) is 8.31. The van der Waals surface area contributed by atoms with Crippen LogP contribution in [0.1, 0.15) is 12.5 Å². The fourth-order valence-corrected chi connectivity index (χ4v) is 1.78. The molecule has 0 radical (unpaired) electrons. The second-order valence-corrected chi connectivity index (χ2v) is 4.28. The number of pyridine rings is 1. The standard InChI is InChI=1S/C14H12BrNO/c1-2-6-11-7-3-4-9-13(11)17-14-12(15)8-5-10-16-14/h2-10H,1H3. The van der Waals surface area contributed by atoms with E-state index in [4.69, 9.17) is 4.74 Å². The molecule has 0 unspecified atom stereocenters. The fraction of sp³-hybridized carbons (Fsp3) is 0.0714. The van der Waals surface area contributed by atoms with Gasteiger partial charge in [-0.2, -0.15) is 0 Å². The molecule has 0 bridgehead atoms. The molecule has 86 valence electrons. The van der Waals surface area contributed by atoms with E-state index in [1.54, 1.807) is 6.20 Å².